The minimum absolute atomic E-state index is 0.0443. The van der Waals surface area contributed by atoms with E-state index in [1.807, 2.05) is 0 Å². The van der Waals surface area contributed by atoms with Crippen molar-refractivity contribution >= 4 is 23.2 Å². The van der Waals surface area contributed by atoms with E-state index in [1.54, 1.807) is 11.9 Å². The van der Waals surface area contributed by atoms with E-state index in [2.05, 4.69) is 5.32 Å². The van der Waals surface area contributed by atoms with Crippen molar-refractivity contribution in [2.75, 3.05) is 18.9 Å². The maximum atomic E-state index is 12.5. The van der Waals surface area contributed by atoms with E-state index >= 15 is 0 Å². The van der Waals surface area contributed by atoms with Crippen molar-refractivity contribution < 1.29 is 18.0 Å². The van der Waals surface area contributed by atoms with Gasteiger partial charge in [-0.3, -0.25) is 4.79 Å². The molecule has 104 valence electrons. The predicted molar refractivity (Wildman–Crippen MR) is 66.1 cm³/mol. The molecular formula is C12H12ClF3N2O. The van der Waals surface area contributed by atoms with E-state index in [4.69, 9.17) is 11.6 Å². The molecule has 7 heteroatoms. The predicted octanol–water partition coefficient (Wildman–Crippen LogP) is 3.00. The Hall–Kier alpha value is -1.43. The van der Waals surface area contributed by atoms with Crippen LogP contribution in [0.3, 0.4) is 0 Å². The molecule has 1 unspecified atom stereocenters. The summed E-state index contributed by atoms with van der Waals surface area (Å²) in [6.45, 7) is 0.620. The summed E-state index contributed by atoms with van der Waals surface area (Å²) in [5.74, 6) is -0.0871. The lowest BCUT2D eigenvalue weighted by atomic mass is 10.1. The molecule has 0 bridgehead atoms. The molecule has 1 amide bonds. The third-order valence-electron chi connectivity index (χ3n) is 3.05. The molecule has 1 aromatic carbocycles. The number of nitrogens with one attached hydrogen (secondary N) is 1. The van der Waals surface area contributed by atoms with Gasteiger partial charge < -0.3 is 10.2 Å². The average molecular weight is 293 g/mol. The molecule has 1 heterocycles. The highest BCUT2D eigenvalue weighted by Crippen LogP contribution is 2.34. The number of alkyl halides is 3. The smallest absolute Gasteiger partial charge is 0.372 e. The summed E-state index contributed by atoms with van der Waals surface area (Å²) in [6.07, 6.45) is -3.82. The van der Waals surface area contributed by atoms with Crippen molar-refractivity contribution in [1.29, 1.82) is 0 Å². The van der Waals surface area contributed by atoms with Gasteiger partial charge in [-0.25, -0.2) is 0 Å². The van der Waals surface area contributed by atoms with Crippen LogP contribution in [0, 0.1) is 0 Å². The van der Waals surface area contributed by atoms with Crippen LogP contribution in [-0.4, -0.2) is 30.4 Å². The van der Waals surface area contributed by atoms with Gasteiger partial charge in [0, 0.05) is 13.6 Å². The van der Waals surface area contributed by atoms with Crippen LogP contribution in [-0.2, 0) is 11.0 Å². The molecule has 19 heavy (non-hydrogen) atoms. The van der Waals surface area contributed by atoms with Gasteiger partial charge >= 0.3 is 6.18 Å². The number of likely N-dealkylation sites (tertiary alicyclic amines) is 1. The lowest BCUT2D eigenvalue weighted by Gasteiger charge is -2.15. The van der Waals surface area contributed by atoms with Gasteiger partial charge in [0.25, 0.3) is 0 Å². The van der Waals surface area contributed by atoms with E-state index in [1.165, 1.54) is 6.07 Å². The van der Waals surface area contributed by atoms with Crippen LogP contribution in [0.2, 0.25) is 5.02 Å². The minimum Gasteiger partial charge on any atom is -0.372 e. The Bertz CT molecular complexity index is 504. The normalized spacial score (nSPS) is 19.9. The maximum Gasteiger partial charge on any atom is 0.416 e. The van der Waals surface area contributed by atoms with Crippen molar-refractivity contribution in [2.24, 2.45) is 0 Å². The fourth-order valence-electron chi connectivity index (χ4n) is 1.95. The zero-order valence-electron chi connectivity index (χ0n) is 10.1. The number of benzene rings is 1. The van der Waals surface area contributed by atoms with Gasteiger partial charge in [-0.15, -0.1) is 0 Å². The Morgan fingerprint density at radius 3 is 2.58 bits per heavy atom. The molecular weight excluding hydrogens is 281 g/mol. The summed E-state index contributed by atoms with van der Waals surface area (Å²) in [6, 6.07) is 2.61. The third kappa shape index (κ3) is 2.94. The average Bonchev–Trinajstić information content (AvgIpc) is 2.62. The lowest BCUT2D eigenvalue weighted by Crippen LogP contribution is -2.31. The Kier molecular flexibility index (Phi) is 3.62. The zero-order chi connectivity index (χ0) is 14.2. The van der Waals surface area contributed by atoms with E-state index in [9.17, 15) is 18.0 Å². The topological polar surface area (TPSA) is 32.3 Å². The summed E-state index contributed by atoms with van der Waals surface area (Å²) < 4.78 is 37.4. The van der Waals surface area contributed by atoms with Crippen LogP contribution in [0.1, 0.15) is 12.0 Å². The van der Waals surface area contributed by atoms with Crippen LogP contribution in [0.4, 0.5) is 18.9 Å². The molecule has 0 spiro atoms. The second-order valence-corrected chi connectivity index (χ2v) is 4.84. The Morgan fingerprint density at radius 2 is 2.11 bits per heavy atom. The van der Waals surface area contributed by atoms with Gasteiger partial charge in [0.1, 0.15) is 6.04 Å². The van der Waals surface area contributed by atoms with Crippen molar-refractivity contribution in [3.05, 3.63) is 28.8 Å². The Balaban J connectivity index is 2.16. The van der Waals surface area contributed by atoms with Gasteiger partial charge in [0.15, 0.2) is 0 Å². The van der Waals surface area contributed by atoms with Crippen molar-refractivity contribution in [3.8, 4) is 0 Å². The van der Waals surface area contributed by atoms with E-state index in [-0.39, 0.29) is 10.9 Å². The van der Waals surface area contributed by atoms with Gasteiger partial charge in [-0.2, -0.15) is 13.2 Å². The van der Waals surface area contributed by atoms with E-state index < -0.39 is 17.8 Å². The summed E-state index contributed by atoms with van der Waals surface area (Å²) in [5, 5.41) is 2.83. The third-order valence-corrected chi connectivity index (χ3v) is 3.37. The number of amides is 1. The number of carbonyl (C=O) groups excluding carboxylic acids is 1. The fourth-order valence-corrected chi connectivity index (χ4v) is 2.19. The molecule has 1 N–H and O–H groups in total. The molecule has 2 rings (SSSR count). The van der Waals surface area contributed by atoms with Crippen LogP contribution in [0.15, 0.2) is 18.2 Å². The van der Waals surface area contributed by atoms with Crippen LogP contribution >= 0.6 is 11.6 Å². The maximum absolute atomic E-state index is 12.5. The standard InChI is InChI=1S/C12H12ClF3N2O/c1-18-5-4-10(11(18)19)17-9-3-2-7(6-8(9)13)12(14,15)16/h2-3,6,10,17H,4-5H2,1H3. The quantitative estimate of drug-likeness (QED) is 0.909. The van der Waals surface area contributed by atoms with Gasteiger partial charge in [-0.05, 0) is 24.6 Å². The van der Waals surface area contributed by atoms with Crippen molar-refractivity contribution in [2.45, 2.75) is 18.6 Å². The summed E-state index contributed by atoms with van der Waals surface area (Å²) in [5.41, 5.74) is -0.471. The number of hydrogen-bond donors (Lipinski definition) is 1. The number of rotatable bonds is 2. The fraction of sp³-hybridized carbons (Fsp3) is 0.417. The van der Waals surface area contributed by atoms with Crippen LogP contribution in [0.25, 0.3) is 0 Å². The van der Waals surface area contributed by atoms with Crippen molar-refractivity contribution in [3.63, 3.8) is 0 Å². The summed E-state index contributed by atoms with van der Waals surface area (Å²) in [7, 11) is 1.68. The number of halogens is 4. The largest absolute Gasteiger partial charge is 0.416 e. The first-order valence-electron chi connectivity index (χ1n) is 5.67. The molecule has 1 aliphatic rings. The second kappa shape index (κ2) is 4.92. The first-order valence-corrected chi connectivity index (χ1v) is 6.05. The molecule has 0 radical (unpaired) electrons. The monoisotopic (exact) mass is 292 g/mol. The number of carbonyl (C=O) groups is 1. The molecule has 1 aliphatic heterocycles. The Morgan fingerprint density at radius 1 is 1.42 bits per heavy atom. The summed E-state index contributed by atoms with van der Waals surface area (Å²) >= 11 is 5.81. The Labute approximate surface area is 113 Å². The highest BCUT2D eigenvalue weighted by molar-refractivity contribution is 6.33. The number of nitrogens with zero attached hydrogens (tertiary/aromatic N) is 1. The highest BCUT2D eigenvalue weighted by Gasteiger charge is 2.32. The first-order chi connectivity index (χ1) is 8.79. The molecule has 0 saturated carbocycles. The second-order valence-electron chi connectivity index (χ2n) is 4.44. The van der Waals surface area contributed by atoms with Gasteiger partial charge in [-0.1, -0.05) is 11.6 Å². The van der Waals surface area contributed by atoms with Crippen LogP contribution < -0.4 is 5.32 Å². The first kappa shape index (κ1) is 14.0. The molecule has 0 aliphatic carbocycles. The zero-order valence-corrected chi connectivity index (χ0v) is 10.8. The molecule has 3 nitrogen and oxygen atoms in total. The van der Waals surface area contributed by atoms with Crippen LogP contribution in [0.5, 0.6) is 0 Å². The molecule has 1 atom stereocenters. The lowest BCUT2D eigenvalue weighted by molar-refractivity contribution is -0.137. The molecule has 0 aromatic heterocycles. The number of hydrogen-bond acceptors (Lipinski definition) is 2. The molecule has 1 aromatic rings. The van der Waals surface area contributed by atoms with E-state index in [0.29, 0.717) is 18.7 Å². The highest BCUT2D eigenvalue weighted by atomic mass is 35.5. The van der Waals surface area contributed by atoms with Crippen molar-refractivity contribution in [1.82, 2.24) is 4.90 Å². The molecule has 1 saturated heterocycles. The molecule has 1 fully saturated rings. The summed E-state index contributed by atoms with van der Waals surface area (Å²) in [4.78, 5) is 13.3. The minimum atomic E-state index is -4.43. The SMILES string of the molecule is CN1CCC(Nc2ccc(C(F)(F)F)cc2Cl)C1=O. The van der Waals surface area contributed by atoms with Gasteiger partial charge in [0.05, 0.1) is 16.3 Å². The number of likely N-dealkylation sites (N-methyl/N-ethyl adjacent to an activating group) is 1. The van der Waals surface area contributed by atoms with E-state index in [0.717, 1.165) is 12.1 Å². The number of anilines is 1. The van der Waals surface area contributed by atoms with Gasteiger partial charge in [0.2, 0.25) is 5.91 Å².